The number of nitrogens with zero attached hydrogens (tertiary/aromatic N) is 3. The first-order valence-corrected chi connectivity index (χ1v) is 19.8. The first-order chi connectivity index (χ1) is 24.1. The molecular formula is C39H44F2N4O4S2. The van der Waals surface area contributed by atoms with Gasteiger partial charge in [-0.1, -0.05) is 63.2 Å². The predicted octanol–water partition coefficient (Wildman–Crippen LogP) is 8.22. The highest BCUT2D eigenvalue weighted by molar-refractivity contribution is 7.99. The second-order valence-corrected chi connectivity index (χ2v) is 18.1. The van der Waals surface area contributed by atoms with Crippen molar-refractivity contribution in [2.24, 2.45) is 18.4 Å². The van der Waals surface area contributed by atoms with Gasteiger partial charge in [0.05, 0.1) is 35.5 Å². The fourth-order valence-electron chi connectivity index (χ4n) is 7.18. The molecule has 6 rings (SSSR count). The molecule has 0 unspecified atom stereocenters. The van der Waals surface area contributed by atoms with Gasteiger partial charge in [-0.25, -0.2) is 26.9 Å². The van der Waals surface area contributed by atoms with Crippen LogP contribution in [0.5, 0.6) is 0 Å². The number of aromatic nitrogens is 4. The standard InChI is InChI=1S/C39H44F2N4O4S2/c1-24(36(46)49-6)17-25-9-7-10-27(18-25)39(4)15-8-14-38(2,3)23-51(47,48)16-13-26-22-42-33-21-32(41)34(20-29(26)33)50-28-11-12-31(40)30(19-28)35-43-37(39)44-45(35)5/h7,9-12,18-22,24,42H,8,13-17,23H2,1-6H3/t24-,39+/m0/s1. The van der Waals surface area contributed by atoms with Gasteiger partial charge in [-0.15, -0.1) is 0 Å². The van der Waals surface area contributed by atoms with E-state index in [1.54, 1.807) is 36.1 Å². The summed E-state index contributed by atoms with van der Waals surface area (Å²) in [4.78, 5) is 21.2. The van der Waals surface area contributed by atoms with Gasteiger partial charge in [0.15, 0.2) is 21.5 Å². The lowest BCUT2D eigenvalue weighted by atomic mass is 9.75. The number of benzene rings is 3. The number of sulfone groups is 1. The average Bonchev–Trinajstić information content (AvgIpc) is 3.66. The van der Waals surface area contributed by atoms with Crippen LogP contribution in [0.25, 0.3) is 22.3 Å². The molecular weight excluding hydrogens is 691 g/mol. The van der Waals surface area contributed by atoms with Crippen LogP contribution in [0, 0.1) is 23.0 Å². The zero-order valence-corrected chi connectivity index (χ0v) is 31.5. The van der Waals surface area contributed by atoms with Gasteiger partial charge >= 0.3 is 5.97 Å². The quantitative estimate of drug-likeness (QED) is 0.186. The monoisotopic (exact) mass is 734 g/mol. The van der Waals surface area contributed by atoms with E-state index in [4.69, 9.17) is 14.8 Å². The number of aryl methyl sites for hydroxylation is 2. The van der Waals surface area contributed by atoms with Gasteiger partial charge in [0.2, 0.25) is 0 Å². The lowest BCUT2D eigenvalue weighted by Gasteiger charge is -2.31. The van der Waals surface area contributed by atoms with Crippen molar-refractivity contribution in [2.45, 2.75) is 75.0 Å². The Morgan fingerprint density at radius 3 is 2.63 bits per heavy atom. The molecule has 6 bridgehead atoms. The smallest absolute Gasteiger partial charge is 0.308 e. The molecule has 5 aromatic rings. The van der Waals surface area contributed by atoms with Gasteiger partial charge in [-0.05, 0) is 85.0 Å². The van der Waals surface area contributed by atoms with Gasteiger partial charge in [-0.3, -0.25) is 4.79 Å². The second kappa shape index (κ2) is 14.2. The Kier molecular flexibility index (Phi) is 10.2. The molecule has 1 N–H and O–H groups in total. The summed E-state index contributed by atoms with van der Waals surface area (Å²) in [6.07, 6.45) is 4.42. The van der Waals surface area contributed by atoms with E-state index in [2.05, 4.69) is 18.0 Å². The van der Waals surface area contributed by atoms with Crippen LogP contribution >= 0.6 is 11.8 Å². The zero-order valence-electron chi connectivity index (χ0n) is 29.8. The number of fused-ring (bicyclic) bond motifs is 6. The molecule has 1 aliphatic heterocycles. The lowest BCUT2D eigenvalue weighted by Crippen LogP contribution is -2.29. The van der Waals surface area contributed by atoms with E-state index in [1.165, 1.54) is 19.2 Å². The van der Waals surface area contributed by atoms with Crippen molar-refractivity contribution in [1.82, 2.24) is 19.7 Å². The highest BCUT2D eigenvalue weighted by Crippen LogP contribution is 2.40. The van der Waals surface area contributed by atoms with E-state index in [0.717, 1.165) is 33.8 Å². The Hall–Kier alpha value is -4.03. The highest BCUT2D eigenvalue weighted by Gasteiger charge is 2.36. The molecule has 270 valence electrons. The van der Waals surface area contributed by atoms with E-state index in [1.807, 2.05) is 39.0 Å². The number of aromatic amines is 1. The van der Waals surface area contributed by atoms with Gasteiger partial charge < -0.3 is 9.72 Å². The maximum atomic E-state index is 15.6. The summed E-state index contributed by atoms with van der Waals surface area (Å²) in [5.41, 5.74) is 2.25. The molecule has 0 radical (unpaired) electrons. The van der Waals surface area contributed by atoms with Crippen molar-refractivity contribution in [3.8, 4) is 11.4 Å². The summed E-state index contributed by atoms with van der Waals surface area (Å²) in [6, 6.07) is 15.7. The summed E-state index contributed by atoms with van der Waals surface area (Å²) in [6.45, 7) is 7.84. The number of carbonyl (C=O) groups excluding carboxylic acids is 1. The first kappa shape index (κ1) is 36.8. The largest absolute Gasteiger partial charge is 0.469 e. The van der Waals surface area contributed by atoms with Crippen molar-refractivity contribution in [3.05, 3.63) is 94.9 Å². The normalized spacial score (nSPS) is 19.8. The van der Waals surface area contributed by atoms with E-state index < -0.39 is 32.3 Å². The minimum Gasteiger partial charge on any atom is -0.469 e. The van der Waals surface area contributed by atoms with Crippen LogP contribution < -0.4 is 0 Å². The molecule has 0 aliphatic carbocycles. The van der Waals surface area contributed by atoms with Gasteiger partial charge in [0, 0.05) is 33.9 Å². The van der Waals surface area contributed by atoms with Crippen molar-refractivity contribution < 1.29 is 26.7 Å². The third-order valence-electron chi connectivity index (χ3n) is 10.0. The lowest BCUT2D eigenvalue weighted by molar-refractivity contribution is -0.144. The number of hydrogen-bond donors (Lipinski definition) is 1. The van der Waals surface area contributed by atoms with Crippen molar-refractivity contribution in [3.63, 3.8) is 0 Å². The van der Waals surface area contributed by atoms with Crippen molar-refractivity contribution in [2.75, 3.05) is 18.6 Å². The average molecular weight is 735 g/mol. The molecule has 51 heavy (non-hydrogen) atoms. The van der Waals surface area contributed by atoms with Crippen LogP contribution in [-0.4, -0.2) is 52.8 Å². The highest BCUT2D eigenvalue weighted by atomic mass is 32.2. The molecule has 0 fully saturated rings. The number of hydrogen-bond acceptors (Lipinski definition) is 7. The number of esters is 1. The molecule has 8 nitrogen and oxygen atoms in total. The molecule has 2 aromatic heterocycles. The molecule has 12 heteroatoms. The second-order valence-electron chi connectivity index (χ2n) is 14.8. The summed E-state index contributed by atoms with van der Waals surface area (Å²) >= 11 is 1.16. The fraction of sp³-hybridized carbons (Fsp3) is 0.410. The number of carbonyl (C=O) groups is 1. The van der Waals surface area contributed by atoms with Crippen LogP contribution in [0.1, 0.15) is 69.5 Å². The maximum Gasteiger partial charge on any atom is 0.308 e. The number of rotatable bonds is 4. The Morgan fingerprint density at radius 1 is 1.08 bits per heavy atom. The van der Waals surface area contributed by atoms with Gasteiger partial charge in [-0.2, -0.15) is 5.10 Å². The fourth-order valence-corrected chi connectivity index (χ4v) is 10.1. The van der Waals surface area contributed by atoms with E-state index in [-0.39, 0.29) is 29.0 Å². The van der Waals surface area contributed by atoms with Gasteiger partial charge in [0.1, 0.15) is 11.6 Å². The van der Waals surface area contributed by atoms with Crippen LogP contribution in [0.2, 0.25) is 0 Å². The summed E-state index contributed by atoms with van der Waals surface area (Å²) in [5.74, 6) is -0.731. The Bertz CT molecular complexity index is 2210. The third kappa shape index (κ3) is 7.91. The summed E-state index contributed by atoms with van der Waals surface area (Å²) < 4.78 is 64.5. The van der Waals surface area contributed by atoms with E-state index >= 15 is 8.78 Å². The molecule has 1 aliphatic rings. The Labute approximate surface area is 302 Å². The zero-order chi connectivity index (χ0) is 36.7. The molecule has 0 spiro atoms. The van der Waals surface area contributed by atoms with E-state index in [9.17, 15) is 13.2 Å². The number of ether oxygens (including phenoxy) is 1. The van der Waals surface area contributed by atoms with Crippen LogP contribution in [0.15, 0.2) is 70.6 Å². The maximum absolute atomic E-state index is 15.6. The number of nitrogens with one attached hydrogen (secondary N) is 1. The molecule has 3 heterocycles. The van der Waals surface area contributed by atoms with Crippen molar-refractivity contribution in [1.29, 1.82) is 0 Å². The Morgan fingerprint density at radius 2 is 1.86 bits per heavy atom. The number of halogens is 2. The molecule has 0 saturated heterocycles. The first-order valence-electron chi connectivity index (χ1n) is 17.1. The molecule has 2 atom stereocenters. The third-order valence-corrected chi connectivity index (χ3v) is 13.1. The topological polar surface area (TPSA) is 107 Å². The van der Waals surface area contributed by atoms with Crippen LogP contribution in [0.3, 0.4) is 0 Å². The van der Waals surface area contributed by atoms with Crippen molar-refractivity contribution >= 4 is 38.5 Å². The Balaban J connectivity index is 1.46. The van der Waals surface area contributed by atoms with Crippen LogP contribution in [0.4, 0.5) is 8.78 Å². The van der Waals surface area contributed by atoms with Crippen LogP contribution in [-0.2, 0) is 44.7 Å². The summed E-state index contributed by atoms with van der Waals surface area (Å²) in [5, 5.41) is 5.61. The van der Waals surface area contributed by atoms with Gasteiger partial charge in [0.25, 0.3) is 0 Å². The minimum atomic E-state index is -3.44. The number of H-pyrrole nitrogens is 1. The number of methoxy groups -OCH3 is 1. The molecule has 0 saturated carbocycles. The SMILES string of the molecule is COC(=O)[C@@H](C)Cc1cccc([C@@]2(C)CCCC(C)(C)CS(=O)(=O)CCc3c[nH]c4cc(F)c(cc34)Sc3ccc(F)c(c3)-c3nc2nn3C)c1. The van der Waals surface area contributed by atoms with E-state index in [0.29, 0.717) is 59.1 Å². The predicted molar refractivity (Wildman–Crippen MR) is 197 cm³/mol. The molecule has 3 aromatic carbocycles. The summed E-state index contributed by atoms with van der Waals surface area (Å²) in [7, 11) is -0.331. The molecule has 0 amide bonds. The minimum absolute atomic E-state index is 0.0234.